The number of tetrazole rings is 1. The van der Waals surface area contributed by atoms with Gasteiger partial charge in [0.1, 0.15) is 0 Å². The first-order valence-corrected chi connectivity index (χ1v) is 7.33. The van der Waals surface area contributed by atoms with E-state index in [-0.39, 0.29) is 0 Å². The van der Waals surface area contributed by atoms with Crippen molar-refractivity contribution >= 4 is 21.8 Å². The molecule has 1 aromatic heterocycles. The number of halogens is 1. The summed E-state index contributed by atoms with van der Waals surface area (Å²) in [6, 6.07) is 14.7. The summed E-state index contributed by atoms with van der Waals surface area (Å²) >= 11 is 3.39. The van der Waals surface area contributed by atoms with Gasteiger partial charge in [0.15, 0.2) is 0 Å². The molecule has 22 heavy (non-hydrogen) atoms. The molecule has 6 nitrogen and oxygen atoms in total. The van der Waals surface area contributed by atoms with Crippen LogP contribution in [0.5, 0.6) is 0 Å². The van der Waals surface area contributed by atoms with E-state index in [4.69, 9.17) is 5.73 Å². The molecule has 3 rings (SSSR count). The molecule has 0 aliphatic carbocycles. The van der Waals surface area contributed by atoms with Crippen molar-refractivity contribution in [1.29, 1.82) is 0 Å². The van der Waals surface area contributed by atoms with Gasteiger partial charge in [0.05, 0.1) is 6.54 Å². The Kier molecular flexibility index (Phi) is 3.97. The number of primary amides is 1. The van der Waals surface area contributed by atoms with Crippen molar-refractivity contribution in [1.82, 2.24) is 20.2 Å². The van der Waals surface area contributed by atoms with Crippen molar-refractivity contribution in [2.75, 3.05) is 0 Å². The highest BCUT2D eigenvalue weighted by molar-refractivity contribution is 9.10. The van der Waals surface area contributed by atoms with E-state index in [2.05, 4.69) is 31.3 Å². The van der Waals surface area contributed by atoms with Crippen LogP contribution in [0.4, 0.5) is 0 Å². The molecule has 0 saturated heterocycles. The number of nitrogens with two attached hydrogens (primary N) is 1. The van der Waals surface area contributed by atoms with Crippen LogP contribution in [0.1, 0.15) is 15.9 Å². The van der Waals surface area contributed by atoms with Crippen LogP contribution in [0.15, 0.2) is 53.0 Å². The third-order valence-electron chi connectivity index (χ3n) is 3.09. The van der Waals surface area contributed by atoms with Gasteiger partial charge in [0.2, 0.25) is 11.7 Å². The molecule has 7 heteroatoms. The molecule has 2 aromatic carbocycles. The second-order valence-corrected chi connectivity index (χ2v) is 5.63. The lowest BCUT2D eigenvalue weighted by atomic mass is 10.1. The van der Waals surface area contributed by atoms with Gasteiger partial charge in [-0.3, -0.25) is 4.79 Å². The summed E-state index contributed by atoms with van der Waals surface area (Å²) in [5.41, 5.74) is 7.51. The van der Waals surface area contributed by atoms with E-state index in [1.54, 1.807) is 18.2 Å². The molecule has 0 fully saturated rings. The Morgan fingerprint density at radius 1 is 1.18 bits per heavy atom. The quantitative estimate of drug-likeness (QED) is 0.775. The van der Waals surface area contributed by atoms with Crippen LogP contribution in [0, 0.1) is 0 Å². The van der Waals surface area contributed by atoms with E-state index in [1.165, 1.54) is 4.80 Å². The van der Waals surface area contributed by atoms with E-state index in [9.17, 15) is 4.79 Å². The highest BCUT2D eigenvalue weighted by atomic mass is 79.9. The predicted molar refractivity (Wildman–Crippen MR) is 85.0 cm³/mol. The fourth-order valence-electron chi connectivity index (χ4n) is 2.01. The monoisotopic (exact) mass is 357 g/mol. The van der Waals surface area contributed by atoms with Gasteiger partial charge in [-0.15, -0.1) is 10.2 Å². The molecular formula is C15H12BrN5O. The minimum atomic E-state index is -0.455. The third-order valence-corrected chi connectivity index (χ3v) is 3.62. The van der Waals surface area contributed by atoms with Gasteiger partial charge in [0.25, 0.3) is 0 Å². The maximum absolute atomic E-state index is 11.2. The number of hydrogen-bond acceptors (Lipinski definition) is 4. The molecule has 3 aromatic rings. The fourth-order valence-corrected chi connectivity index (χ4v) is 2.28. The SMILES string of the molecule is NC(=O)c1cccc(Cn2nnc(-c3ccc(Br)cc3)n2)c1. The number of carbonyl (C=O) groups excluding carboxylic acids is 1. The molecule has 0 radical (unpaired) electrons. The molecule has 0 spiro atoms. The lowest BCUT2D eigenvalue weighted by Gasteiger charge is -2.01. The van der Waals surface area contributed by atoms with E-state index < -0.39 is 5.91 Å². The van der Waals surface area contributed by atoms with Crippen LogP contribution in [0.3, 0.4) is 0 Å². The maximum atomic E-state index is 11.2. The second-order valence-electron chi connectivity index (χ2n) is 4.71. The predicted octanol–water partition coefficient (Wildman–Crippen LogP) is 2.25. The van der Waals surface area contributed by atoms with Gasteiger partial charge in [-0.2, -0.15) is 4.80 Å². The van der Waals surface area contributed by atoms with Gasteiger partial charge in [-0.05, 0) is 47.2 Å². The normalized spacial score (nSPS) is 10.6. The molecular weight excluding hydrogens is 346 g/mol. The number of carbonyl (C=O) groups is 1. The second kappa shape index (κ2) is 6.07. The van der Waals surface area contributed by atoms with Crippen LogP contribution in [-0.2, 0) is 6.54 Å². The van der Waals surface area contributed by atoms with Crippen molar-refractivity contribution in [3.05, 3.63) is 64.1 Å². The Morgan fingerprint density at radius 3 is 2.68 bits per heavy atom. The molecule has 0 unspecified atom stereocenters. The minimum Gasteiger partial charge on any atom is -0.366 e. The van der Waals surface area contributed by atoms with Gasteiger partial charge in [-0.1, -0.05) is 28.1 Å². The van der Waals surface area contributed by atoms with Gasteiger partial charge in [-0.25, -0.2) is 0 Å². The van der Waals surface area contributed by atoms with Crippen LogP contribution < -0.4 is 5.73 Å². The summed E-state index contributed by atoms with van der Waals surface area (Å²) in [5, 5.41) is 12.4. The standard InChI is InChI=1S/C15H12BrN5O/c16-13-6-4-11(5-7-13)15-18-20-21(19-15)9-10-2-1-3-12(8-10)14(17)22/h1-8H,9H2,(H2,17,22). The van der Waals surface area contributed by atoms with E-state index >= 15 is 0 Å². The molecule has 0 aliphatic rings. The van der Waals surface area contributed by atoms with E-state index in [1.807, 2.05) is 30.3 Å². The molecule has 0 bridgehead atoms. The van der Waals surface area contributed by atoms with Crippen molar-refractivity contribution < 1.29 is 4.79 Å². The van der Waals surface area contributed by atoms with Gasteiger partial charge in [0, 0.05) is 15.6 Å². The largest absolute Gasteiger partial charge is 0.366 e. The van der Waals surface area contributed by atoms with E-state index in [0.717, 1.165) is 15.6 Å². The average molecular weight is 358 g/mol. The Bertz CT molecular complexity index is 813. The van der Waals surface area contributed by atoms with Crippen molar-refractivity contribution in [2.24, 2.45) is 5.73 Å². The third kappa shape index (κ3) is 3.20. The number of nitrogens with zero attached hydrogens (tertiary/aromatic N) is 4. The number of benzene rings is 2. The summed E-state index contributed by atoms with van der Waals surface area (Å²) < 4.78 is 0.993. The number of hydrogen-bond donors (Lipinski definition) is 1. The average Bonchev–Trinajstić information content (AvgIpc) is 2.96. The molecule has 1 heterocycles. The first kappa shape index (κ1) is 14.4. The first-order valence-electron chi connectivity index (χ1n) is 6.54. The molecule has 1 amide bonds. The summed E-state index contributed by atoms with van der Waals surface area (Å²) in [5.74, 6) is 0.0995. The zero-order valence-electron chi connectivity index (χ0n) is 11.5. The van der Waals surface area contributed by atoms with E-state index in [0.29, 0.717) is 17.9 Å². The number of rotatable bonds is 4. The van der Waals surface area contributed by atoms with Crippen LogP contribution in [0.2, 0.25) is 0 Å². The lowest BCUT2D eigenvalue weighted by molar-refractivity contribution is 0.1000. The summed E-state index contributed by atoms with van der Waals surface area (Å²) in [6.45, 7) is 0.421. The lowest BCUT2D eigenvalue weighted by Crippen LogP contribution is -2.12. The summed E-state index contributed by atoms with van der Waals surface area (Å²) in [7, 11) is 0. The number of aromatic nitrogens is 4. The molecule has 110 valence electrons. The minimum absolute atomic E-state index is 0.421. The van der Waals surface area contributed by atoms with Crippen LogP contribution in [-0.4, -0.2) is 26.1 Å². The highest BCUT2D eigenvalue weighted by Gasteiger charge is 2.07. The Labute approximate surface area is 135 Å². The molecule has 0 aliphatic heterocycles. The fraction of sp³-hybridized carbons (Fsp3) is 0.0667. The zero-order chi connectivity index (χ0) is 15.5. The van der Waals surface area contributed by atoms with Crippen molar-refractivity contribution in [3.8, 4) is 11.4 Å². The van der Waals surface area contributed by atoms with Crippen molar-refractivity contribution in [2.45, 2.75) is 6.54 Å². The van der Waals surface area contributed by atoms with Crippen molar-refractivity contribution in [3.63, 3.8) is 0 Å². The van der Waals surface area contributed by atoms with Crippen LogP contribution in [0.25, 0.3) is 11.4 Å². The molecule has 2 N–H and O–H groups in total. The Hall–Kier alpha value is -2.54. The Balaban J connectivity index is 1.81. The summed E-state index contributed by atoms with van der Waals surface area (Å²) in [4.78, 5) is 12.7. The molecule has 0 atom stereocenters. The number of amides is 1. The maximum Gasteiger partial charge on any atom is 0.248 e. The molecule has 0 saturated carbocycles. The zero-order valence-corrected chi connectivity index (χ0v) is 13.1. The summed E-state index contributed by atoms with van der Waals surface area (Å²) in [6.07, 6.45) is 0. The first-order chi connectivity index (χ1) is 10.6. The Morgan fingerprint density at radius 2 is 1.95 bits per heavy atom. The smallest absolute Gasteiger partial charge is 0.248 e. The van der Waals surface area contributed by atoms with Crippen LogP contribution >= 0.6 is 15.9 Å². The van der Waals surface area contributed by atoms with Gasteiger partial charge < -0.3 is 5.73 Å². The topological polar surface area (TPSA) is 86.7 Å². The van der Waals surface area contributed by atoms with Gasteiger partial charge >= 0.3 is 0 Å². The highest BCUT2D eigenvalue weighted by Crippen LogP contribution is 2.17.